The van der Waals surface area contributed by atoms with Gasteiger partial charge in [-0.05, 0) is 49.7 Å². The fourth-order valence-corrected chi connectivity index (χ4v) is 4.11. The van der Waals surface area contributed by atoms with Gasteiger partial charge in [-0.25, -0.2) is 0 Å². The Morgan fingerprint density at radius 3 is 2.54 bits per heavy atom. The monoisotopic (exact) mass is 387 g/mol. The molecule has 0 bridgehead atoms. The predicted molar refractivity (Wildman–Crippen MR) is 109 cm³/mol. The molecule has 1 saturated heterocycles. The van der Waals surface area contributed by atoms with Crippen LogP contribution in [-0.2, 0) is 16.0 Å². The Kier molecular flexibility index (Phi) is 7.45. The Hall–Kier alpha value is -1.92. The highest BCUT2D eigenvalue weighted by molar-refractivity contribution is 5.79. The van der Waals surface area contributed by atoms with Crippen molar-refractivity contribution in [1.29, 1.82) is 0 Å². The van der Waals surface area contributed by atoms with Crippen LogP contribution in [0.15, 0.2) is 24.3 Å². The number of aliphatic hydroxyl groups excluding tert-OH is 1. The van der Waals surface area contributed by atoms with Gasteiger partial charge in [-0.15, -0.1) is 0 Å². The van der Waals surface area contributed by atoms with E-state index >= 15 is 0 Å². The van der Waals surface area contributed by atoms with Gasteiger partial charge in [0, 0.05) is 38.1 Å². The largest absolute Gasteiger partial charge is 0.395 e. The van der Waals surface area contributed by atoms with E-state index in [-0.39, 0.29) is 24.5 Å². The van der Waals surface area contributed by atoms with Gasteiger partial charge in [0.2, 0.25) is 11.8 Å². The molecule has 0 spiro atoms. The van der Waals surface area contributed by atoms with Gasteiger partial charge in [-0.1, -0.05) is 24.3 Å². The Morgan fingerprint density at radius 1 is 1.07 bits per heavy atom. The summed E-state index contributed by atoms with van der Waals surface area (Å²) in [5.41, 5.74) is 2.21. The third-order valence-corrected chi connectivity index (χ3v) is 5.94. The first-order valence-electron chi connectivity index (χ1n) is 10.5. The van der Waals surface area contributed by atoms with E-state index in [0.29, 0.717) is 32.0 Å². The van der Waals surface area contributed by atoms with Crippen LogP contribution in [0.3, 0.4) is 0 Å². The van der Waals surface area contributed by atoms with E-state index in [1.165, 1.54) is 12.8 Å². The summed E-state index contributed by atoms with van der Waals surface area (Å²) in [7, 11) is 0. The zero-order valence-corrected chi connectivity index (χ0v) is 16.8. The SMILES string of the molecule is Cc1ccccc1CC(=O)NC[C@@H]1CC[C@H](CC(=O)NCCO)N1CC1CC1. The maximum Gasteiger partial charge on any atom is 0.224 e. The lowest BCUT2D eigenvalue weighted by Crippen LogP contribution is -2.45. The van der Waals surface area contributed by atoms with E-state index in [1.807, 2.05) is 31.2 Å². The predicted octanol–water partition coefficient (Wildman–Crippen LogP) is 1.40. The van der Waals surface area contributed by atoms with Crippen LogP contribution in [0.25, 0.3) is 0 Å². The molecule has 2 amide bonds. The second-order valence-corrected chi connectivity index (χ2v) is 8.21. The minimum Gasteiger partial charge on any atom is -0.395 e. The molecule has 3 N–H and O–H groups in total. The molecule has 6 nitrogen and oxygen atoms in total. The van der Waals surface area contributed by atoms with E-state index in [0.717, 1.165) is 36.4 Å². The molecule has 0 unspecified atom stereocenters. The summed E-state index contributed by atoms with van der Waals surface area (Å²) in [6.07, 6.45) is 5.42. The first-order chi connectivity index (χ1) is 13.6. The van der Waals surface area contributed by atoms with Crippen LogP contribution in [0.2, 0.25) is 0 Å². The zero-order chi connectivity index (χ0) is 19.9. The number of nitrogens with zero attached hydrogens (tertiary/aromatic N) is 1. The third-order valence-electron chi connectivity index (χ3n) is 5.94. The number of aliphatic hydroxyl groups is 1. The highest BCUT2D eigenvalue weighted by Crippen LogP contribution is 2.35. The Labute approximate surface area is 167 Å². The molecule has 2 aliphatic rings. The third kappa shape index (κ3) is 6.04. The highest BCUT2D eigenvalue weighted by Gasteiger charge is 2.37. The Balaban J connectivity index is 1.51. The van der Waals surface area contributed by atoms with E-state index in [4.69, 9.17) is 5.11 Å². The van der Waals surface area contributed by atoms with E-state index in [2.05, 4.69) is 15.5 Å². The van der Waals surface area contributed by atoms with Gasteiger partial charge < -0.3 is 15.7 Å². The second kappa shape index (κ2) is 10.0. The van der Waals surface area contributed by atoms with Crippen LogP contribution in [0.5, 0.6) is 0 Å². The van der Waals surface area contributed by atoms with Crippen molar-refractivity contribution in [3.63, 3.8) is 0 Å². The molecule has 1 aliphatic carbocycles. The van der Waals surface area contributed by atoms with Crippen LogP contribution in [0.1, 0.15) is 43.2 Å². The lowest BCUT2D eigenvalue weighted by atomic mass is 10.1. The molecule has 28 heavy (non-hydrogen) atoms. The number of likely N-dealkylation sites (tertiary alicyclic amines) is 1. The minimum atomic E-state index is -0.0300. The lowest BCUT2D eigenvalue weighted by Gasteiger charge is -2.30. The Morgan fingerprint density at radius 2 is 1.82 bits per heavy atom. The summed E-state index contributed by atoms with van der Waals surface area (Å²) in [5.74, 6) is 0.806. The number of nitrogens with one attached hydrogen (secondary N) is 2. The fraction of sp³-hybridized carbons (Fsp3) is 0.636. The molecule has 6 heteroatoms. The van der Waals surface area contributed by atoms with Crippen LogP contribution in [0, 0.1) is 12.8 Å². The van der Waals surface area contributed by atoms with E-state index in [1.54, 1.807) is 0 Å². The number of carbonyl (C=O) groups excluding carboxylic acids is 2. The maximum atomic E-state index is 12.4. The average Bonchev–Trinajstić information content (AvgIpc) is 3.42. The number of benzene rings is 1. The molecule has 1 saturated carbocycles. The van der Waals surface area contributed by atoms with Gasteiger partial charge in [0.25, 0.3) is 0 Å². The number of aryl methyl sites for hydroxylation is 1. The topological polar surface area (TPSA) is 81.7 Å². The summed E-state index contributed by atoms with van der Waals surface area (Å²) in [5, 5.41) is 14.8. The first-order valence-corrected chi connectivity index (χ1v) is 10.5. The molecular formula is C22H33N3O3. The molecule has 2 atom stereocenters. The number of carbonyl (C=O) groups is 2. The van der Waals surface area contributed by atoms with Gasteiger partial charge in [0.05, 0.1) is 13.0 Å². The van der Waals surface area contributed by atoms with Crippen LogP contribution < -0.4 is 10.6 Å². The molecule has 154 valence electrons. The minimum absolute atomic E-state index is 0.00378. The average molecular weight is 388 g/mol. The van der Waals surface area contributed by atoms with Crippen molar-refractivity contribution in [2.24, 2.45) is 5.92 Å². The lowest BCUT2D eigenvalue weighted by molar-refractivity contribution is -0.123. The van der Waals surface area contributed by atoms with Crippen molar-refractivity contribution >= 4 is 11.8 Å². The smallest absolute Gasteiger partial charge is 0.224 e. The first kappa shape index (κ1) is 20.8. The normalized spacial score (nSPS) is 22.2. The quantitative estimate of drug-likeness (QED) is 0.567. The molecule has 1 aromatic carbocycles. The molecule has 0 aromatic heterocycles. The van der Waals surface area contributed by atoms with E-state index < -0.39 is 0 Å². The van der Waals surface area contributed by atoms with E-state index in [9.17, 15) is 9.59 Å². The molecule has 2 fully saturated rings. The summed E-state index contributed by atoms with van der Waals surface area (Å²) < 4.78 is 0. The molecule has 1 heterocycles. The Bertz CT molecular complexity index is 675. The molecule has 1 aliphatic heterocycles. The highest BCUT2D eigenvalue weighted by atomic mass is 16.3. The van der Waals surface area contributed by atoms with Crippen LogP contribution in [-0.4, -0.2) is 60.1 Å². The molecular weight excluding hydrogens is 354 g/mol. The van der Waals surface area contributed by atoms with Crippen LogP contribution in [0.4, 0.5) is 0 Å². The summed E-state index contributed by atoms with van der Waals surface area (Å²) in [6.45, 7) is 3.98. The van der Waals surface area contributed by atoms with Crippen molar-refractivity contribution in [2.75, 3.05) is 26.2 Å². The molecule has 1 aromatic rings. The van der Waals surface area contributed by atoms with Crippen molar-refractivity contribution in [3.05, 3.63) is 35.4 Å². The number of amides is 2. The van der Waals surface area contributed by atoms with Gasteiger partial charge in [-0.3, -0.25) is 14.5 Å². The van der Waals surface area contributed by atoms with Gasteiger partial charge in [-0.2, -0.15) is 0 Å². The second-order valence-electron chi connectivity index (χ2n) is 8.21. The van der Waals surface area contributed by atoms with Crippen molar-refractivity contribution in [2.45, 2.75) is 57.5 Å². The maximum absolute atomic E-state index is 12.4. The van der Waals surface area contributed by atoms with Gasteiger partial charge in [0.15, 0.2) is 0 Å². The standard InChI is InChI=1S/C22H33N3O3/c1-16-4-2-3-5-18(16)12-21(27)24-14-20-9-8-19(13-22(28)23-10-11-26)25(20)15-17-6-7-17/h2-5,17,19-20,26H,6-15H2,1H3,(H,23,28)(H,24,27)/t19-,20+/m1/s1. The van der Waals surface area contributed by atoms with Crippen LogP contribution >= 0.6 is 0 Å². The fourth-order valence-electron chi connectivity index (χ4n) is 4.11. The van der Waals surface area contributed by atoms with Crippen molar-refractivity contribution < 1.29 is 14.7 Å². The number of rotatable bonds is 10. The molecule has 0 radical (unpaired) electrons. The zero-order valence-electron chi connectivity index (χ0n) is 16.8. The van der Waals surface area contributed by atoms with Gasteiger partial charge in [0.1, 0.15) is 0 Å². The number of hydrogen-bond acceptors (Lipinski definition) is 4. The van der Waals surface area contributed by atoms with Crippen molar-refractivity contribution in [3.8, 4) is 0 Å². The van der Waals surface area contributed by atoms with Gasteiger partial charge >= 0.3 is 0 Å². The summed E-state index contributed by atoms with van der Waals surface area (Å²) in [4.78, 5) is 27.0. The molecule has 3 rings (SSSR count). The summed E-state index contributed by atoms with van der Waals surface area (Å²) in [6, 6.07) is 8.53. The van der Waals surface area contributed by atoms with Crippen molar-refractivity contribution in [1.82, 2.24) is 15.5 Å². The number of hydrogen-bond donors (Lipinski definition) is 3. The summed E-state index contributed by atoms with van der Waals surface area (Å²) >= 11 is 0.